The van der Waals surface area contributed by atoms with E-state index in [-0.39, 0.29) is 42.2 Å². The number of alkyl halides is 7. The number of nitrogens with zero attached hydrogens (tertiary/aromatic N) is 3. The van der Waals surface area contributed by atoms with Crippen LogP contribution in [0.3, 0.4) is 0 Å². The number of aromatic amines is 1. The van der Waals surface area contributed by atoms with Gasteiger partial charge >= 0.3 is 12.4 Å². The van der Waals surface area contributed by atoms with Gasteiger partial charge in [-0.3, -0.25) is 19.4 Å². The normalized spacial score (nSPS) is 13.0. The highest BCUT2D eigenvalue weighted by atomic mass is 79.9. The van der Waals surface area contributed by atoms with Crippen LogP contribution in [0.25, 0.3) is 0 Å². The van der Waals surface area contributed by atoms with Crippen molar-refractivity contribution in [3.05, 3.63) is 105 Å². The molecule has 5 N–H and O–H groups in total. The van der Waals surface area contributed by atoms with Gasteiger partial charge in [0.15, 0.2) is 11.4 Å². The molecule has 15 heteroatoms. The zero-order valence-corrected chi connectivity index (χ0v) is 26.7. The molecule has 0 spiro atoms. The number of nitrogens with one attached hydrogen (secondary N) is 1. The third kappa shape index (κ3) is 12.3. The van der Waals surface area contributed by atoms with E-state index in [4.69, 9.17) is 11.5 Å². The summed E-state index contributed by atoms with van der Waals surface area (Å²) in [5.74, 6) is -0.918. The van der Waals surface area contributed by atoms with Crippen molar-refractivity contribution in [2.75, 3.05) is 0 Å². The number of aryl methyl sites for hydroxylation is 1. The average Bonchev–Trinajstić information content (AvgIpc) is 3.65. The first-order chi connectivity index (χ1) is 22.2. The van der Waals surface area contributed by atoms with Gasteiger partial charge in [0.05, 0.1) is 6.54 Å². The molecule has 0 saturated heterocycles. The van der Waals surface area contributed by atoms with Crippen molar-refractivity contribution in [3.8, 4) is 0 Å². The number of benzene rings is 2. The van der Waals surface area contributed by atoms with Crippen LogP contribution in [0, 0.1) is 0 Å². The van der Waals surface area contributed by atoms with Gasteiger partial charge in [0.2, 0.25) is 11.8 Å². The van der Waals surface area contributed by atoms with Gasteiger partial charge < -0.3 is 11.5 Å². The zero-order chi connectivity index (χ0) is 34.4. The maximum atomic E-state index is 13.1. The van der Waals surface area contributed by atoms with Gasteiger partial charge in [0, 0.05) is 39.0 Å². The van der Waals surface area contributed by atoms with Crippen LogP contribution in [0.2, 0.25) is 0 Å². The first-order valence-corrected chi connectivity index (χ1v) is 15.9. The van der Waals surface area contributed by atoms with Gasteiger partial charge in [-0.25, -0.2) is 0 Å². The Kier molecular flexibility index (Phi) is 18.4. The number of amides is 2. The Hall–Kier alpha value is -4.14. The molecule has 0 unspecified atom stereocenters. The van der Waals surface area contributed by atoms with E-state index in [1.807, 2.05) is 12.1 Å². The number of aromatic nitrogens is 4. The summed E-state index contributed by atoms with van der Waals surface area (Å²) in [6.45, 7) is 0.247. The van der Waals surface area contributed by atoms with Crippen LogP contribution in [0.5, 0.6) is 0 Å². The summed E-state index contributed by atoms with van der Waals surface area (Å²) < 4.78 is 77.8. The Morgan fingerprint density at radius 2 is 1.14 bits per heavy atom. The van der Waals surface area contributed by atoms with Gasteiger partial charge in [0.1, 0.15) is 0 Å². The molecule has 6 rings (SSSR count). The highest BCUT2D eigenvalue weighted by Crippen LogP contribution is 2.36. The maximum absolute atomic E-state index is 13.1. The topological polar surface area (TPSA) is 133 Å². The molecular weight excluding hydrogens is 742 g/mol. The molecule has 51 heavy (non-hydrogen) atoms. The lowest BCUT2D eigenvalue weighted by molar-refractivity contribution is -0.142. The first kappa shape index (κ1) is 46.9. The predicted octanol–water partition coefficient (Wildman–Crippen LogP) is 9.46. The van der Waals surface area contributed by atoms with E-state index in [2.05, 4.69) is 31.2 Å². The van der Waals surface area contributed by atoms with Crippen molar-refractivity contribution in [2.24, 2.45) is 11.5 Å². The number of fused-ring (bicyclic) bond motifs is 2. The number of carbonyl (C=O) groups is 2. The van der Waals surface area contributed by atoms with Gasteiger partial charge in [-0.15, -0.1) is 0 Å². The molecule has 2 aromatic heterocycles. The van der Waals surface area contributed by atoms with E-state index in [1.165, 1.54) is 4.68 Å². The third-order valence-corrected chi connectivity index (χ3v) is 8.46. The largest absolute Gasteiger partial charge is 0.435 e. The minimum absolute atomic E-state index is 0. The molecule has 4 aromatic rings. The fourth-order valence-electron chi connectivity index (χ4n) is 5.45. The second-order valence-corrected chi connectivity index (χ2v) is 11.7. The monoisotopic (exact) mass is 790 g/mol. The van der Waals surface area contributed by atoms with Crippen molar-refractivity contribution < 1.29 is 35.9 Å². The van der Waals surface area contributed by atoms with Crippen LogP contribution in [-0.2, 0) is 49.9 Å². The van der Waals surface area contributed by atoms with Crippen LogP contribution in [0.15, 0.2) is 48.5 Å². The van der Waals surface area contributed by atoms with Crippen LogP contribution in [-0.4, -0.2) is 31.8 Å². The molecule has 0 saturated carbocycles. The van der Waals surface area contributed by atoms with E-state index in [9.17, 15) is 35.9 Å². The lowest BCUT2D eigenvalue weighted by Crippen LogP contribution is -2.12. The number of H-pyrrole nitrogens is 1. The summed E-state index contributed by atoms with van der Waals surface area (Å²) in [7, 11) is 0. The lowest BCUT2D eigenvalue weighted by Gasteiger charge is -2.14. The van der Waals surface area contributed by atoms with E-state index >= 15 is 0 Å². The highest BCUT2D eigenvalue weighted by molar-refractivity contribution is 9.08. The molecule has 2 aliphatic rings. The van der Waals surface area contributed by atoms with E-state index in [1.54, 1.807) is 36.4 Å². The van der Waals surface area contributed by atoms with Crippen molar-refractivity contribution in [1.29, 1.82) is 0 Å². The van der Waals surface area contributed by atoms with Crippen LogP contribution in [0.1, 0.15) is 121 Å². The minimum Gasteiger partial charge on any atom is -0.366 e. The zero-order valence-electron chi connectivity index (χ0n) is 25.1. The predicted molar refractivity (Wildman–Crippen MR) is 193 cm³/mol. The number of halogens is 7. The number of rotatable bonds is 5. The molecular formula is C36H49BrF6N6O2. The second-order valence-electron chi connectivity index (χ2n) is 11.1. The van der Waals surface area contributed by atoms with E-state index < -0.39 is 29.6 Å². The molecule has 2 amide bonds. The van der Waals surface area contributed by atoms with E-state index in [0.717, 1.165) is 42.1 Å². The molecule has 0 aliphatic heterocycles. The quantitative estimate of drug-likeness (QED) is 0.137. The average molecular weight is 792 g/mol. The summed E-state index contributed by atoms with van der Waals surface area (Å²) in [4.78, 5) is 21.7. The Balaban J connectivity index is 0.000000768. The van der Waals surface area contributed by atoms with Gasteiger partial charge in [-0.2, -0.15) is 36.5 Å². The summed E-state index contributed by atoms with van der Waals surface area (Å²) >= 11 is 3.30. The fourth-order valence-corrected chi connectivity index (χ4v) is 5.82. The molecule has 8 nitrogen and oxygen atoms in total. The number of carbonyl (C=O) groups excluding carboxylic acids is 2. The van der Waals surface area contributed by atoms with Crippen LogP contribution < -0.4 is 11.5 Å². The Morgan fingerprint density at radius 3 is 1.61 bits per heavy atom. The number of nitrogens with two attached hydrogens (primary N) is 2. The van der Waals surface area contributed by atoms with Crippen LogP contribution in [0.4, 0.5) is 26.3 Å². The molecule has 2 aliphatic carbocycles. The lowest BCUT2D eigenvalue weighted by atomic mass is 9.95. The first-order valence-electron chi connectivity index (χ1n) is 14.8. The van der Waals surface area contributed by atoms with Crippen molar-refractivity contribution in [2.45, 2.75) is 105 Å². The SMILES string of the molecule is C.C.C.C.FC(F)(F)c1n[nH]c2c1CCCC2.NC(=O)c1ccc(CBr)cc1.NC(=O)c1ccc(Cn2nc(C(F)(F)F)c3c2CCCC3)cc1. The minimum atomic E-state index is -4.43. The number of hydrogen-bond acceptors (Lipinski definition) is 4. The molecule has 0 fully saturated rings. The molecule has 0 atom stereocenters. The van der Waals surface area contributed by atoms with E-state index in [0.29, 0.717) is 59.3 Å². The van der Waals surface area contributed by atoms with Crippen molar-refractivity contribution in [1.82, 2.24) is 20.0 Å². The van der Waals surface area contributed by atoms with Crippen molar-refractivity contribution >= 4 is 27.7 Å². The second kappa shape index (κ2) is 20.0. The molecule has 284 valence electrons. The Morgan fingerprint density at radius 1 is 0.686 bits per heavy atom. The maximum Gasteiger partial charge on any atom is 0.435 e. The molecule has 0 bridgehead atoms. The summed E-state index contributed by atoms with van der Waals surface area (Å²) in [6.07, 6.45) is -3.10. The highest BCUT2D eigenvalue weighted by Gasteiger charge is 2.40. The van der Waals surface area contributed by atoms with Gasteiger partial charge in [-0.1, -0.05) is 69.9 Å². The molecule has 2 heterocycles. The Bertz CT molecular complexity index is 1680. The summed E-state index contributed by atoms with van der Waals surface area (Å²) in [6, 6.07) is 13.7. The molecule has 2 aromatic carbocycles. The Labute approximate surface area is 304 Å². The van der Waals surface area contributed by atoms with Gasteiger partial charge in [0.25, 0.3) is 0 Å². The fraction of sp³-hybridized carbons (Fsp3) is 0.444. The van der Waals surface area contributed by atoms with Gasteiger partial charge in [-0.05, 0) is 86.8 Å². The third-order valence-electron chi connectivity index (χ3n) is 7.81. The summed E-state index contributed by atoms with van der Waals surface area (Å²) in [5, 5.41) is 10.4. The van der Waals surface area contributed by atoms with Crippen molar-refractivity contribution in [3.63, 3.8) is 0 Å². The molecule has 0 radical (unpaired) electrons. The number of hydrogen-bond donors (Lipinski definition) is 3. The number of primary amides is 2. The van der Waals surface area contributed by atoms with Crippen LogP contribution >= 0.6 is 15.9 Å². The summed E-state index contributed by atoms with van der Waals surface area (Å²) in [5.41, 5.74) is 13.6. The standard InChI is InChI=1S/C16H16F3N3O.C8H8BrNO.C8H9F3N2.4CH4/c17-16(18,19)14-12-3-1-2-4-13(12)22(21-14)9-10-5-7-11(8-6-10)15(20)23;9-5-6-1-3-7(4-2-6)8(10)11;9-8(10,11)7-5-3-1-2-4-6(5)12-13-7;;;;/h5-8H,1-4,9H2,(H2,20,23);1-4H,5H2,(H2,10,11);1-4H2,(H,12,13);4*1H4. The smallest absolute Gasteiger partial charge is 0.366 e.